The number of aromatic nitrogens is 1. The third-order valence-corrected chi connectivity index (χ3v) is 6.41. The lowest BCUT2D eigenvalue weighted by Gasteiger charge is -2.38. The normalized spacial score (nSPS) is 17.1. The predicted octanol–water partition coefficient (Wildman–Crippen LogP) is 3.51. The second-order valence-electron chi connectivity index (χ2n) is 8.89. The van der Waals surface area contributed by atoms with Gasteiger partial charge in [0.1, 0.15) is 12.0 Å². The number of hydrogen-bond acceptors (Lipinski definition) is 6. The summed E-state index contributed by atoms with van der Waals surface area (Å²) in [5, 5.41) is 2.71. The molecule has 2 aromatic carbocycles. The van der Waals surface area contributed by atoms with Crippen LogP contribution in [0.1, 0.15) is 52.0 Å². The summed E-state index contributed by atoms with van der Waals surface area (Å²) in [7, 11) is 1.57. The number of rotatable bonds is 9. The Kier molecular flexibility index (Phi) is 6.81. The van der Waals surface area contributed by atoms with Crippen molar-refractivity contribution in [1.82, 2.24) is 15.2 Å². The molecule has 8 heteroatoms. The molecule has 1 atom stereocenters. The fourth-order valence-corrected chi connectivity index (χ4v) is 4.46. The van der Waals surface area contributed by atoms with Gasteiger partial charge in [0.2, 0.25) is 11.8 Å². The van der Waals surface area contributed by atoms with Crippen LogP contribution in [0.2, 0.25) is 0 Å². The second-order valence-corrected chi connectivity index (χ2v) is 8.89. The van der Waals surface area contributed by atoms with E-state index in [1.54, 1.807) is 7.11 Å². The molecule has 8 nitrogen and oxygen atoms in total. The second kappa shape index (κ2) is 10.3. The number of methoxy groups -OCH3 is 1. The zero-order valence-electron chi connectivity index (χ0n) is 19.7. The Bertz CT molecular complexity index is 1190. The van der Waals surface area contributed by atoms with Crippen molar-refractivity contribution in [3.05, 3.63) is 83.1 Å². The number of benzene rings is 2. The number of oxazole rings is 1. The molecule has 1 fully saturated rings. The summed E-state index contributed by atoms with van der Waals surface area (Å²) in [5.74, 6) is 1.05. The molecule has 1 aromatic heterocycles. The van der Waals surface area contributed by atoms with E-state index in [2.05, 4.69) is 28.5 Å². The van der Waals surface area contributed by atoms with Crippen LogP contribution in [0, 0.1) is 5.92 Å². The predicted molar refractivity (Wildman–Crippen MR) is 128 cm³/mol. The molecular formula is C27H29N3O5. The number of hydrogen-bond donors (Lipinski definition) is 1. The molecule has 0 bridgehead atoms. The van der Waals surface area contributed by atoms with Gasteiger partial charge < -0.3 is 24.1 Å². The largest absolute Gasteiger partial charge is 0.484 e. The molecule has 2 aliphatic rings. The van der Waals surface area contributed by atoms with E-state index in [9.17, 15) is 9.59 Å². The van der Waals surface area contributed by atoms with Crippen LogP contribution in [-0.2, 0) is 22.6 Å². The number of nitrogens with one attached hydrogen (secondary N) is 1. The minimum Gasteiger partial charge on any atom is -0.484 e. The van der Waals surface area contributed by atoms with E-state index in [4.69, 9.17) is 13.9 Å². The summed E-state index contributed by atoms with van der Waals surface area (Å²) < 4.78 is 16.3. The van der Waals surface area contributed by atoms with Gasteiger partial charge in [-0.15, -0.1) is 0 Å². The van der Waals surface area contributed by atoms with Gasteiger partial charge in [0.15, 0.2) is 12.3 Å². The SMILES string of the molecule is COCCNC(=O)c1coc(COc2ccc3c(c2)C(c2ccccc2)N(C(=O)C2CC2)CC3)n1. The van der Waals surface area contributed by atoms with Crippen molar-refractivity contribution < 1.29 is 23.5 Å². The van der Waals surface area contributed by atoms with Crippen LogP contribution in [-0.4, -0.2) is 48.5 Å². The van der Waals surface area contributed by atoms with E-state index < -0.39 is 0 Å². The van der Waals surface area contributed by atoms with E-state index in [0.717, 1.165) is 30.4 Å². The molecule has 1 N–H and O–H groups in total. The molecular weight excluding hydrogens is 446 g/mol. The Morgan fingerprint density at radius 2 is 2.00 bits per heavy atom. The fourth-order valence-electron chi connectivity index (χ4n) is 4.46. The summed E-state index contributed by atoms with van der Waals surface area (Å²) in [4.78, 5) is 31.5. The molecule has 182 valence electrons. The van der Waals surface area contributed by atoms with Crippen LogP contribution in [0.4, 0.5) is 0 Å². The number of ether oxygens (including phenoxy) is 2. The average molecular weight is 476 g/mol. The van der Waals surface area contributed by atoms with Crippen molar-refractivity contribution >= 4 is 11.8 Å². The molecule has 1 unspecified atom stereocenters. The number of fused-ring (bicyclic) bond motifs is 1. The van der Waals surface area contributed by atoms with Crippen molar-refractivity contribution in [2.75, 3.05) is 26.8 Å². The Morgan fingerprint density at radius 3 is 2.77 bits per heavy atom. The Labute approximate surface area is 204 Å². The standard InChI is InChI=1S/C27H29N3O5/c1-33-14-12-28-26(31)23-16-35-24(29-23)17-34-21-10-9-18-11-13-30(27(32)20-7-8-20)25(22(18)15-21)19-5-3-2-4-6-19/h2-6,9-10,15-16,20,25H,7-8,11-14,17H2,1H3,(H,28,31). The highest BCUT2D eigenvalue weighted by atomic mass is 16.5. The van der Waals surface area contributed by atoms with Gasteiger partial charge in [0, 0.05) is 26.1 Å². The van der Waals surface area contributed by atoms with Crippen molar-refractivity contribution in [3.8, 4) is 5.75 Å². The lowest BCUT2D eigenvalue weighted by atomic mass is 9.87. The quantitative estimate of drug-likeness (QED) is 0.476. The minimum atomic E-state index is -0.322. The Balaban J connectivity index is 1.33. The van der Waals surface area contributed by atoms with E-state index in [1.165, 1.54) is 11.8 Å². The van der Waals surface area contributed by atoms with Gasteiger partial charge in [0.05, 0.1) is 12.6 Å². The van der Waals surface area contributed by atoms with Gasteiger partial charge in [-0.3, -0.25) is 9.59 Å². The molecule has 0 radical (unpaired) electrons. The molecule has 1 aliphatic carbocycles. The fraction of sp³-hybridized carbons (Fsp3) is 0.370. The molecule has 0 spiro atoms. The summed E-state index contributed by atoms with van der Waals surface area (Å²) in [5.41, 5.74) is 3.59. The highest BCUT2D eigenvalue weighted by molar-refractivity contribution is 5.91. The number of amides is 2. The van der Waals surface area contributed by atoms with Crippen LogP contribution < -0.4 is 10.1 Å². The maximum atomic E-state index is 13.1. The first-order valence-corrected chi connectivity index (χ1v) is 12.0. The molecule has 1 saturated carbocycles. The molecule has 3 aromatic rings. The molecule has 5 rings (SSSR count). The van der Waals surface area contributed by atoms with Crippen molar-refractivity contribution in [2.24, 2.45) is 5.92 Å². The minimum absolute atomic E-state index is 0.0882. The zero-order chi connectivity index (χ0) is 24.2. The maximum absolute atomic E-state index is 13.1. The van der Waals surface area contributed by atoms with Crippen LogP contribution in [0.5, 0.6) is 5.75 Å². The number of carbonyl (C=O) groups excluding carboxylic acids is 2. The smallest absolute Gasteiger partial charge is 0.273 e. The van der Waals surface area contributed by atoms with Crippen molar-refractivity contribution in [1.29, 1.82) is 0 Å². The summed E-state index contributed by atoms with van der Waals surface area (Å²) in [6.45, 7) is 1.62. The first-order chi connectivity index (χ1) is 17.1. The van der Waals surface area contributed by atoms with Crippen LogP contribution >= 0.6 is 0 Å². The van der Waals surface area contributed by atoms with Crippen LogP contribution in [0.25, 0.3) is 0 Å². The Morgan fingerprint density at radius 1 is 1.17 bits per heavy atom. The van der Waals surface area contributed by atoms with E-state index in [1.807, 2.05) is 35.2 Å². The van der Waals surface area contributed by atoms with E-state index >= 15 is 0 Å². The average Bonchev–Trinajstić information content (AvgIpc) is 3.64. The summed E-state index contributed by atoms with van der Waals surface area (Å²) in [6.07, 6.45) is 4.10. The number of nitrogens with zero attached hydrogens (tertiary/aromatic N) is 2. The molecule has 2 amide bonds. The number of carbonyl (C=O) groups is 2. The zero-order valence-corrected chi connectivity index (χ0v) is 19.7. The van der Waals surface area contributed by atoms with Crippen LogP contribution in [0.15, 0.2) is 59.2 Å². The topological polar surface area (TPSA) is 93.9 Å². The molecule has 0 saturated heterocycles. The maximum Gasteiger partial charge on any atom is 0.273 e. The third-order valence-electron chi connectivity index (χ3n) is 6.41. The highest BCUT2D eigenvalue weighted by Crippen LogP contribution is 2.41. The molecule has 2 heterocycles. The van der Waals surface area contributed by atoms with Crippen molar-refractivity contribution in [2.45, 2.75) is 31.9 Å². The molecule has 35 heavy (non-hydrogen) atoms. The monoisotopic (exact) mass is 475 g/mol. The third kappa shape index (κ3) is 5.22. The van der Waals surface area contributed by atoms with Gasteiger partial charge in [-0.05, 0) is 48.1 Å². The first-order valence-electron chi connectivity index (χ1n) is 12.0. The van der Waals surface area contributed by atoms with Gasteiger partial charge >= 0.3 is 0 Å². The van der Waals surface area contributed by atoms with E-state index in [0.29, 0.717) is 31.3 Å². The summed E-state index contributed by atoms with van der Waals surface area (Å²) in [6, 6.07) is 16.0. The van der Waals surface area contributed by atoms with Gasteiger partial charge in [-0.25, -0.2) is 4.98 Å². The van der Waals surface area contributed by atoms with Crippen LogP contribution in [0.3, 0.4) is 0 Å². The summed E-state index contributed by atoms with van der Waals surface area (Å²) >= 11 is 0. The van der Waals surface area contributed by atoms with Gasteiger partial charge in [-0.1, -0.05) is 36.4 Å². The van der Waals surface area contributed by atoms with E-state index in [-0.39, 0.29) is 36.1 Å². The van der Waals surface area contributed by atoms with Crippen molar-refractivity contribution in [3.63, 3.8) is 0 Å². The first kappa shape index (κ1) is 23.1. The van der Waals surface area contributed by atoms with Gasteiger partial charge in [0.25, 0.3) is 5.91 Å². The Hall–Kier alpha value is -3.65. The molecule has 1 aliphatic heterocycles. The lowest BCUT2D eigenvalue weighted by molar-refractivity contribution is -0.134. The van der Waals surface area contributed by atoms with Gasteiger partial charge in [-0.2, -0.15) is 0 Å². The lowest BCUT2D eigenvalue weighted by Crippen LogP contribution is -2.41. The highest BCUT2D eigenvalue weighted by Gasteiger charge is 2.39.